The molecule has 0 aliphatic carbocycles. The molecule has 5 rings (SSSR count). The van der Waals surface area contributed by atoms with Crippen LogP contribution in [0.1, 0.15) is 117 Å². The average molecular weight is 864 g/mol. The van der Waals surface area contributed by atoms with Crippen LogP contribution in [0.5, 0.6) is 6.01 Å². The van der Waals surface area contributed by atoms with E-state index in [9.17, 15) is 25.2 Å². The van der Waals surface area contributed by atoms with Crippen molar-refractivity contribution >= 4 is 46.7 Å². The quantitative estimate of drug-likeness (QED) is 0.157. The van der Waals surface area contributed by atoms with Gasteiger partial charge in [-0.05, 0) is 0 Å². The second-order valence-electron chi connectivity index (χ2n) is 19.1. The smallest absolute Gasteiger partial charge is 0.346 e. The monoisotopic (exact) mass is 863 g/mol. The Labute approximate surface area is 364 Å². The Bertz CT molecular complexity index is 2590. The predicted molar refractivity (Wildman–Crippen MR) is 231 cm³/mol. The van der Waals surface area contributed by atoms with Crippen LogP contribution in [0.2, 0.25) is 0 Å². The highest BCUT2D eigenvalue weighted by Crippen LogP contribution is 2.41. The van der Waals surface area contributed by atoms with Crippen LogP contribution in [-0.4, -0.2) is 109 Å². The van der Waals surface area contributed by atoms with Crippen LogP contribution in [0.4, 0.5) is 44.2 Å². The Morgan fingerprint density at radius 2 is 0.873 bits per heavy atom. The van der Waals surface area contributed by atoms with E-state index in [1.807, 2.05) is 83.1 Å². The summed E-state index contributed by atoms with van der Waals surface area (Å²) >= 11 is 0. The van der Waals surface area contributed by atoms with Crippen molar-refractivity contribution in [2.45, 2.75) is 105 Å². The third kappa shape index (κ3) is 8.77. The van der Waals surface area contributed by atoms with Gasteiger partial charge in [-0.15, -0.1) is 20.5 Å². The van der Waals surface area contributed by atoms with Crippen molar-refractivity contribution in [3.8, 4) is 30.0 Å². The van der Waals surface area contributed by atoms with E-state index in [0.29, 0.717) is 22.8 Å². The molecule has 0 aliphatic rings. The number of hydrogen-bond donors (Lipinski definition) is 3. The number of carbonyl (C=O) groups is 2. The topological polar surface area (TPSA) is 320 Å². The molecule has 0 saturated heterocycles. The van der Waals surface area contributed by atoms with Crippen molar-refractivity contribution in [1.29, 1.82) is 10.5 Å². The van der Waals surface area contributed by atoms with Gasteiger partial charge in [-0.2, -0.15) is 64.6 Å². The van der Waals surface area contributed by atoms with E-state index >= 15 is 0 Å². The molecular weight excluding hydrogens is 811 g/mol. The highest BCUT2D eigenvalue weighted by molar-refractivity contribution is 5.81. The van der Waals surface area contributed by atoms with Crippen LogP contribution in [0.3, 0.4) is 0 Å². The van der Waals surface area contributed by atoms with Gasteiger partial charge in [-0.1, -0.05) is 83.1 Å². The summed E-state index contributed by atoms with van der Waals surface area (Å²) in [5.74, 6) is -1.00. The van der Waals surface area contributed by atoms with E-state index < -0.39 is 39.7 Å². The molecule has 0 aromatic carbocycles. The Hall–Kier alpha value is -7.63. The van der Waals surface area contributed by atoms with E-state index in [0.717, 1.165) is 18.7 Å². The summed E-state index contributed by atoms with van der Waals surface area (Å²) < 4.78 is 4.26. The summed E-state index contributed by atoms with van der Waals surface area (Å²) in [6, 6.07) is 2.37. The molecule has 5 N–H and O–H groups in total. The fraction of sp³-hybridized carbons (Fsp3) is 0.513. The summed E-state index contributed by atoms with van der Waals surface area (Å²) in [6.07, 6.45) is 0. The number of nitrogens with zero attached hydrogens (tertiary/aromatic N) is 19. The molecule has 0 fully saturated rings. The van der Waals surface area contributed by atoms with E-state index in [2.05, 4.69) is 67.9 Å². The zero-order valence-electron chi connectivity index (χ0n) is 38.4. The zero-order valence-corrected chi connectivity index (χ0v) is 38.4. The Balaban J connectivity index is 1.70. The van der Waals surface area contributed by atoms with Gasteiger partial charge in [-0.3, -0.25) is 0 Å². The first kappa shape index (κ1) is 46.4. The number of amides is 2. The van der Waals surface area contributed by atoms with Crippen molar-refractivity contribution < 1.29 is 14.7 Å². The molecule has 0 bridgehead atoms. The number of rotatable bonds is 6. The van der Waals surface area contributed by atoms with Gasteiger partial charge in [0, 0.05) is 49.9 Å². The van der Waals surface area contributed by atoms with Gasteiger partial charge in [0.1, 0.15) is 23.3 Å². The SMILES string of the molecule is CN(C)C(=O)n1nc(C(C)(C)C)c(C#N)c1/N=N/c1c(C(C)(C)C)nn(-c2nc(O)nc(-n3nc(C(C)(C)C)c(/N=N/c4c(C#N)c(C(C)(C)C)nn4C(=O)N(C)C)c3N)n2)c1N. The van der Waals surface area contributed by atoms with Crippen LogP contribution < -0.4 is 11.5 Å². The largest absolute Gasteiger partial charge is 0.479 e. The maximum atomic E-state index is 13.2. The Morgan fingerprint density at radius 3 is 1.14 bits per heavy atom. The molecular formula is C39H53N21O3. The van der Waals surface area contributed by atoms with Crippen LogP contribution in [0.25, 0.3) is 11.9 Å². The minimum atomic E-state index is -0.750. The summed E-state index contributed by atoms with van der Waals surface area (Å²) in [5, 5.41) is 67.2. The molecule has 5 heterocycles. The van der Waals surface area contributed by atoms with Gasteiger partial charge in [0.15, 0.2) is 23.0 Å². The number of nitriles is 2. The fourth-order valence-electron chi connectivity index (χ4n) is 5.99. The van der Waals surface area contributed by atoms with Crippen molar-refractivity contribution in [1.82, 2.24) is 63.9 Å². The predicted octanol–water partition coefficient (Wildman–Crippen LogP) is 6.33. The lowest BCUT2D eigenvalue weighted by Crippen LogP contribution is -2.28. The van der Waals surface area contributed by atoms with Gasteiger partial charge in [0.05, 0.1) is 22.8 Å². The van der Waals surface area contributed by atoms with E-state index in [4.69, 9.17) is 11.5 Å². The number of aromatic hydroxyl groups is 1. The maximum Gasteiger partial charge on any atom is 0.346 e. The Morgan fingerprint density at radius 1 is 0.556 bits per heavy atom. The van der Waals surface area contributed by atoms with Crippen molar-refractivity contribution in [3.05, 3.63) is 33.9 Å². The molecule has 0 aliphatic heterocycles. The Kier molecular flexibility index (Phi) is 11.8. The zero-order chi connectivity index (χ0) is 47.5. The van der Waals surface area contributed by atoms with Gasteiger partial charge in [0.2, 0.25) is 11.6 Å². The number of anilines is 2. The first-order valence-corrected chi connectivity index (χ1v) is 19.5. The lowest BCUT2D eigenvalue weighted by molar-refractivity contribution is 0.215. The normalized spacial score (nSPS) is 12.6. The lowest BCUT2D eigenvalue weighted by atomic mass is 9.89. The summed E-state index contributed by atoms with van der Waals surface area (Å²) in [5.41, 5.74) is 12.3. The van der Waals surface area contributed by atoms with Crippen molar-refractivity contribution in [3.63, 3.8) is 0 Å². The number of azo groups is 2. The maximum absolute atomic E-state index is 13.2. The fourth-order valence-corrected chi connectivity index (χ4v) is 5.99. The molecule has 0 atom stereocenters. The van der Waals surface area contributed by atoms with Gasteiger partial charge in [0.25, 0.3) is 11.9 Å². The first-order valence-electron chi connectivity index (χ1n) is 19.5. The summed E-state index contributed by atoms with van der Waals surface area (Å²) in [6.45, 7) is 22.2. The minimum Gasteiger partial charge on any atom is -0.479 e. The van der Waals surface area contributed by atoms with Crippen LogP contribution in [-0.2, 0) is 21.7 Å². The van der Waals surface area contributed by atoms with Crippen LogP contribution in [0, 0.1) is 22.7 Å². The van der Waals surface area contributed by atoms with Crippen LogP contribution in [0.15, 0.2) is 20.5 Å². The molecule has 332 valence electrons. The van der Waals surface area contributed by atoms with Crippen LogP contribution >= 0.6 is 0 Å². The van der Waals surface area contributed by atoms with E-state index in [-0.39, 0.29) is 57.7 Å². The second kappa shape index (κ2) is 16.0. The van der Waals surface area contributed by atoms with Gasteiger partial charge in [-0.25, -0.2) is 9.59 Å². The second-order valence-corrected chi connectivity index (χ2v) is 19.1. The van der Waals surface area contributed by atoms with Gasteiger partial charge >= 0.3 is 18.1 Å². The highest BCUT2D eigenvalue weighted by Gasteiger charge is 2.34. The van der Waals surface area contributed by atoms with Gasteiger partial charge < -0.3 is 26.4 Å². The molecule has 5 aromatic heterocycles. The molecule has 2 amide bonds. The molecule has 24 nitrogen and oxygen atoms in total. The van der Waals surface area contributed by atoms with E-state index in [1.165, 1.54) is 38.0 Å². The number of nitrogen functional groups attached to an aromatic ring is 2. The molecule has 0 spiro atoms. The summed E-state index contributed by atoms with van der Waals surface area (Å²) in [7, 11) is 6.16. The standard InChI is InChI=1S/C39H53N21O3/c1-36(2,3)23-19(17-40)29(59(51-23)34(62)55(13)14)49-47-21-25(38(7,8)9)53-57(27(21)42)31-44-32(46-33(61)45-31)58-28(43)22(26(54-58)39(10,11)12)48-50-30-20(18-41)24(37(4,5)6)52-60(30)35(63)56(15)16/h42-43H2,1-16H3,(H,44,45,46,61)/b49-47+,50-48+. The number of hydrogen-bond acceptors (Lipinski definition) is 18. The van der Waals surface area contributed by atoms with E-state index in [1.54, 1.807) is 0 Å². The third-order valence-corrected chi connectivity index (χ3v) is 9.17. The van der Waals surface area contributed by atoms with Crippen molar-refractivity contribution in [2.75, 3.05) is 39.7 Å². The number of nitrogens with two attached hydrogens (primary N) is 2. The first-order chi connectivity index (χ1) is 28.9. The van der Waals surface area contributed by atoms with Crippen molar-refractivity contribution in [2.24, 2.45) is 20.5 Å². The number of carbonyl (C=O) groups excluding carboxylic acids is 2. The highest BCUT2D eigenvalue weighted by atomic mass is 16.3. The average Bonchev–Trinajstić information content (AvgIpc) is 3.91. The molecule has 63 heavy (non-hydrogen) atoms. The summed E-state index contributed by atoms with van der Waals surface area (Å²) in [4.78, 5) is 41.8. The molecule has 0 saturated carbocycles. The molecule has 5 aromatic rings. The number of aromatic nitrogens is 11. The lowest BCUT2D eigenvalue weighted by Gasteiger charge is -2.15. The minimum absolute atomic E-state index is 0.0509. The molecule has 0 radical (unpaired) electrons. The molecule has 0 unspecified atom stereocenters. The molecule has 24 heteroatoms. The third-order valence-electron chi connectivity index (χ3n) is 9.17.